The number of hydrogen-bond acceptors (Lipinski definition) is 4. The van der Waals surface area contributed by atoms with Crippen molar-refractivity contribution in [3.05, 3.63) is 51.8 Å². The molecule has 2 aromatic rings. The number of nitrogens with zero attached hydrogens (tertiary/aromatic N) is 1. The maximum Gasteiger partial charge on any atom is 0.270 e. The third-order valence-electron chi connectivity index (χ3n) is 5.00. The number of amides is 1. The summed E-state index contributed by atoms with van der Waals surface area (Å²) in [4.78, 5) is 25.2. The van der Waals surface area contributed by atoms with E-state index in [1.165, 1.54) is 11.8 Å². The van der Waals surface area contributed by atoms with Crippen LogP contribution in [0.2, 0.25) is 0 Å². The van der Waals surface area contributed by atoms with Gasteiger partial charge in [0.1, 0.15) is 5.82 Å². The monoisotopic (exact) mass is 373 g/mol. The maximum absolute atomic E-state index is 12.9. The number of fused-ring (bicyclic) bond motifs is 1. The van der Waals surface area contributed by atoms with Gasteiger partial charge in [-0.3, -0.25) is 19.4 Å². The van der Waals surface area contributed by atoms with Crippen LogP contribution in [-0.4, -0.2) is 33.6 Å². The van der Waals surface area contributed by atoms with E-state index in [1.54, 1.807) is 0 Å². The predicted molar refractivity (Wildman–Crippen MR) is 103 cm³/mol. The summed E-state index contributed by atoms with van der Waals surface area (Å²) >= 11 is 1.49. The molecule has 1 aromatic carbocycles. The summed E-state index contributed by atoms with van der Waals surface area (Å²) in [6.45, 7) is 4.75. The van der Waals surface area contributed by atoms with Gasteiger partial charge < -0.3 is 10.1 Å². The molecule has 0 aliphatic carbocycles. The van der Waals surface area contributed by atoms with Gasteiger partial charge >= 0.3 is 0 Å². The van der Waals surface area contributed by atoms with Gasteiger partial charge in [-0.1, -0.05) is 30.3 Å². The minimum absolute atomic E-state index is 0.0752. The molecule has 1 aromatic heterocycles. The van der Waals surface area contributed by atoms with E-state index < -0.39 is 0 Å². The number of hydrogen-bond donors (Lipinski definition) is 2. The minimum Gasteiger partial charge on any atom is -0.375 e. The van der Waals surface area contributed by atoms with Crippen molar-refractivity contribution in [1.29, 1.82) is 0 Å². The van der Waals surface area contributed by atoms with Crippen molar-refractivity contribution >= 4 is 23.5 Å². The van der Waals surface area contributed by atoms with Crippen molar-refractivity contribution < 1.29 is 9.53 Å². The van der Waals surface area contributed by atoms with E-state index in [1.807, 2.05) is 35.0 Å². The number of aromatic amines is 1. The molecule has 2 atom stereocenters. The average molecular weight is 373 g/mol. The highest BCUT2D eigenvalue weighted by atomic mass is 32.2. The van der Waals surface area contributed by atoms with E-state index >= 15 is 0 Å². The molecule has 7 heteroatoms. The number of anilines is 1. The molecule has 1 amide bonds. The molecule has 1 saturated heterocycles. The zero-order chi connectivity index (χ0) is 18.3. The highest BCUT2D eigenvalue weighted by molar-refractivity contribution is 8.00. The Morgan fingerprint density at radius 1 is 1.23 bits per heavy atom. The largest absolute Gasteiger partial charge is 0.375 e. The lowest BCUT2D eigenvalue weighted by molar-refractivity contribution is -0.113. The fourth-order valence-corrected chi connectivity index (χ4v) is 4.95. The molecule has 0 radical (unpaired) electrons. The van der Waals surface area contributed by atoms with Crippen LogP contribution in [0.25, 0.3) is 0 Å². The second-order valence-electron chi connectivity index (χ2n) is 7.48. The van der Waals surface area contributed by atoms with Gasteiger partial charge in [0.2, 0.25) is 5.91 Å². The molecule has 0 saturated carbocycles. The average Bonchev–Trinajstić information content (AvgIpc) is 2.81. The van der Waals surface area contributed by atoms with Crippen LogP contribution in [0, 0.1) is 0 Å². The first kappa shape index (κ1) is 17.4. The predicted octanol–water partition coefficient (Wildman–Crippen LogP) is 3.08. The van der Waals surface area contributed by atoms with Crippen LogP contribution >= 0.6 is 11.8 Å². The highest BCUT2D eigenvalue weighted by Gasteiger charge is 2.35. The molecule has 0 bridgehead atoms. The van der Waals surface area contributed by atoms with Crippen LogP contribution in [0.15, 0.2) is 35.1 Å². The molecule has 4 rings (SSSR count). The van der Waals surface area contributed by atoms with Gasteiger partial charge in [0.05, 0.1) is 28.2 Å². The number of aromatic nitrogens is 2. The quantitative estimate of drug-likeness (QED) is 0.848. The molecule has 2 aliphatic rings. The van der Waals surface area contributed by atoms with Gasteiger partial charge in [-0.05, 0) is 32.3 Å². The fraction of sp³-hybridized carbons (Fsp3) is 0.474. The molecule has 138 valence electrons. The molecular formula is C19H23N3O3S. The lowest BCUT2D eigenvalue weighted by Crippen LogP contribution is -2.36. The first-order valence-corrected chi connectivity index (χ1v) is 9.94. The van der Waals surface area contributed by atoms with E-state index in [-0.39, 0.29) is 28.4 Å². The SMILES string of the molecule is CC1(C)C[C@@H](n2[nH]c(=O)c3c2NC(=O)CS[C@@H]3c2ccccc2)CCO1. The van der Waals surface area contributed by atoms with Crippen molar-refractivity contribution in [3.8, 4) is 0 Å². The van der Waals surface area contributed by atoms with Crippen LogP contribution in [0.3, 0.4) is 0 Å². The van der Waals surface area contributed by atoms with Gasteiger partial charge in [0.15, 0.2) is 0 Å². The Balaban J connectivity index is 1.80. The second kappa shape index (κ2) is 6.63. The number of rotatable bonds is 2. The zero-order valence-corrected chi connectivity index (χ0v) is 15.8. The minimum atomic E-state index is -0.251. The normalized spacial score (nSPS) is 25.2. The number of benzene rings is 1. The molecule has 2 N–H and O–H groups in total. The Kier molecular flexibility index (Phi) is 4.44. The van der Waals surface area contributed by atoms with Gasteiger partial charge in [-0.15, -0.1) is 11.8 Å². The Labute approximate surface area is 156 Å². The Bertz CT molecular complexity index is 872. The standard InChI is InChI=1S/C19H23N3O3S/c1-19(2)10-13(8-9-25-19)22-17-15(18(24)21-22)16(26-11-14(23)20-17)12-6-4-3-5-7-12/h3-7,13,16H,8-11H2,1-2H3,(H,20,23)(H,21,24)/t13-,16+/m0/s1. The summed E-state index contributed by atoms with van der Waals surface area (Å²) < 4.78 is 7.67. The second-order valence-corrected chi connectivity index (χ2v) is 8.57. The van der Waals surface area contributed by atoms with Gasteiger partial charge in [0.25, 0.3) is 5.56 Å². The number of H-pyrrole nitrogens is 1. The van der Waals surface area contributed by atoms with E-state index in [0.717, 1.165) is 18.4 Å². The van der Waals surface area contributed by atoms with Gasteiger partial charge in [-0.2, -0.15) is 0 Å². The summed E-state index contributed by atoms with van der Waals surface area (Å²) in [5, 5.41) is 5.79. The molecule has 0 unspecified atom stereocenters. The van der Waals surface area contributed by atoms with E-state index in [2.05, 4.69) is 24.3 Å². The number of nitrogens with one attached hydrogen (secondary N) is 2. The zero-order valence-electron chi connectivity index (χ0n) is 15.0. The summed E-state index contributed by atoms with van der Waals surface area (Å²) in [6.07, 6.45) is 1.59. The van der Waals surface area contributed by atoms with E-state index in [0.29, 0.717) is 23.7 Å². The lowest BCUT2D eigenvalue weighted by Gasteiger charge is -2.36. The Hall–Kier alpha value is -1.99. The molecular weight excluding hydrogens is 350 g/mol. The molecule has 2 aliphatic heterocycles. The van der Waals surface area contributed by atoms with Crippen LogP contribution in [0.1, 0.15) is 49.1 Å². The molecule has 26 heavy (non-hydrogen) atoms. The van der Waals surface area contributed by atoms with Gasteiger partial charge in [0, 0.05) is 6.61 Å². The third kappa shape index (κ3) is 3.21. The molecule has 1 fully saturated rings. The van der Waals surface area contributed by atoms with Gasteiger partial charge in [-0.25, -0.2) is 0 Å². The van der Waals surface area contributed by atoms with E-state index in [4.69, 9.17) is 4.74 Å². The Morgan fingerprint density at radius 2 is 2.00 bits per heavy atom. The van der Waals surface area contributed by atoms with Crippen molar-refractivity contribution in [3.63, 3.8) is 0 Å². The summed E-state index contributed by atoms with van der Waals surface area (Å²) in [5.41, 5.74) is 1.29. The van der Waals surface area contributed by atoms with Crippen molar-refractivity contribution in [2.75, 3.05) is 17.7 Å². The third-order valence-corrected chi connectivity index (χ3v) is 6.27. The fourth-order valence-electron chi connectivity index (χ4n) is 3.83. The lowest BCUT2D eigenvalue weighted by atomic mass is 9.94. The number of carbonyl (C=O) groups is 1. The van der Waals surface area contributed by atoms with Crippen LogP contribution in [0.5, 0.6) is 0 Å². The first-order valence-electron chi connectivity index (χ1n) is 8.89. The summed E-state index contributed by atoms with van der Waals surface area (Å²) in [6, 6.07) is 9.98. The summed E-state index contributed by atoms with van der Waals surface area (Å²) in [5.74, 6) is 0.864. The van der Waals surface area contributed by atoms with Crippen molar-refractivity contribution in [2.45, 2.75) is 43.6 Å². The van der Waals surface area contributed by atoms with Crippen molar-refractivity contribution in [2.24, 2.45) is 0 Å². The first-order chi connectivity index (χ1) is 12.4. The van der Waals surface area contributed by atoms with Crippen LogP contribution in [0.4, 0.5) is 5.82 Å². The Morgan fingerprint density at radius 3 is 2.73 bits per heavy atom. The van der Waals surface area contributed by atoms with Crippen LogP contribution in [-0.2, 0) is 9.53 Å². The number of ether oxygens (including phenoxy) is 1. The maximum atomic E-state index is 12.9. The smallest absolute Gasteiger partial charge is 0.270 e. The topological polar surface area (TPSA) is 76.1 Å². The van der Waals surface area contributed by atoms with E-state index in [9.17, 15) is 9.59 Å². The molecule has 0 spiro atoms. The number of carbonyl (C=O) groups excluding carboxylic acids is 1. The number of thioether (sulfide) groups is 1. The molecule has 3 heterocycles. The van der Waals surface area contributed by atoms with Crippen molar-refractivity contribution in [1.82, 2.24) is 9.78 Å². The highest BCUT2D eigenvalue weighted by Crippen LogP contribution is 2.42. The molecule has 6 nitrogen and oxygen atoms in total. The van der Waals surface area contributed by atoms with Crippen LogP contribution < -0.4 is 10.9 Å². The summed E-state index contributed by atoms with van der Waals surface area (Å²) in [7, 11) is 0.